The van der Waals surface area contributed by atoms with Gasteiger partial charge in [-0.2, -0.15) is 0 Å². The lowest BCUT2D eigenvalue weighted by Crippen LogP contribution is -2.44. The summed E-state index contributed by atoms with van der Waals surface area (Å²) in [4.78, 5) is 14.5. The zero-order valence-corrected chi connectivity index (χ0v) is 18.1. The fourth-order valence-corrected chi connectivity index (χ4v) is 4.33. The van der Waals surface area contributed by atoms with E-state index >= 15 is 0 Å². The fraction of sp³-hybridized carbons (Fsp3) is 0.208. The molecule has 1 aliphatic heterocycles. The van der Waals surface area contributed by atoms with Gasteiger partial charge in [0.05, 0.1) is 19.2 Å². The van der Waals surface area contributed by atoms with Gasteiger partial charge >= 0.3 is 5.97 Å². The molecule has 6 heteroatoms. The number of hydrogen-bond acceptors (Lipinski definition) is 4. The molecule has 30 heavy (non-hydrogen) atoms. The van der Waals surface area contributed by atoms with Crippen molar-refractivity contribution in [3.63, 3.8) is 0 Å². The van der Waals surface area contributed by atoms with Gasteiger partial charge in [-0.05, 0) is 42.3 Å². The monoisotopic (exact) mass is 468 g/mol. The van der Waals surface area contributed by atoms with E-state index in [0.29, 0.717) is 12.2 Å². The number of nitrogens with one attached hydrogen (secondary N) is 1. The minimum absolute atomic E-state index is 0.0192. The Morgan fingerprint density at radius 2 is 1.80 bits per heavy atom. The predicted molar refractivity (Wildman–Crippen MR) is 119 cm³/mol. The van der Waals surface area contributed by atoms with E-state index in [-0.39, 0.29) is 24.4 Å². The van der Waals surface area contributed by atoms with Gasteiger partial charge < -0.3 is 10.1 Å². The van der Waals surface area contributed by atoms with E-state index in [9.17, 15) is 9.18 Å². The quantitative estimate of drug-likeness (QED) is 0.490. The Balaban J connectivity index is 1.89. The normalized spacial score (nSPS) is 18.4. The Morgan fingerprint density at radius 3 is 2.53 bits per heavy atom. The second-order valence-electron chi connectivity index (χ2n) is 7.09. The van der Waals surface area contributed by atoms with Gasteiger partial charge in [0.15, 0.2) is 0 Å². The molecule has 2 atom stereocenters. The summed E-state index contributed by atoms with van der Waals surface area (Å²) < 4.78 is 21.0. The number of carbonyl (C=O) groups excluding carboxylic acids is 1. The molecule has 0 aliphatic carbocycles. The van der Waals surface area contributed by atoms with Crippen LogP contribution in [0.15, 0.2) is 77.3 Å². The van der Waals surface area contributed by atoms with E-state index in [4.69, 9.17) is 4.74 Å². The van der Waals surface area contributed by atoms with E-state index in [2.05, 4.69) is 21.2 Å². The highest BCUT2D eigenvalue weighted by Gasteiger charge is 2.38. The summed E-state index contributed by atoms with van der Waals surface area (Å²) in [6.45, 7) is 2.09. The van der Waals surface area contributed by atoms with Gasteiger partial charge in [0.25, 0.3) is 0 Å². The smallest absolute Gasteiger partial charge is 0.320 e. The van der Waals surface area contributed by atoms with Gasteiger partial charge in [0.2, 0.25) is 0 Å². The number of anilines is 1. The summed E-state index contributed by atoms with van der Waals surface area (Å²) in [6, 6.07) is 22.3. The first-order valence-electron chi connectivity index (χ1n) is 9.85. The third-order valence-corrected chi connectivity index (χ3v) is 5.69. The first-order valence-corrected chi connectivity index (χ1v) is 10.6. The third-order valence-electron chi connectivity index (χ3n) is 5.20. The number of benzene rings is 3. The fourth-order valence-electron chi connectivity index (χ4n) is 3.95. The molecule has 0 fully saturated rings. The van der Waals surface area contributed by atoms with Crippen LogP contribution in [0.1, 0.15) is 35.8 Å². The summed E-state index contributed by atoms with van der Waals surface area (Å²) in [5.74, 6) is -0.670. The zero-order valence-electron chi connectivity index (χ0n) is 16.5. The van der Waals surface area contributed by atoms with Crippen LogP contribution in [0, 0.1) is 5.82 Å². The number of halogens is 2. The van der Waals surface area contributed by atoms with E-state index in [1.165, 1.54) is 6.07 Å². The molecule has 154 valence electrons. The summed E-state index contributed by atoms with van der Waals surface area (Å²) in [5.41, 5.74) is 3.41. The topological polar surface area (TPSA) is 41.6 Å². The standard InChI is InChI=1S/C24H22BrFN2O2/c1-2-30-22(29)15-28-23(16-8-4-3-5-9-16)19-14-17(25)12-13-21(19)27-24(28)18-10-6-7-11-20(18)26/h3-14,23-24,27H,2,15H2,1H3. The molecule has 4 rings (SSSR count). The second kappa shape index (κ2) is 8.98. The average molecular weight is 469 g/mol. The Bertz CT molecular complexity index is 1040. The molecule has 0 amide bonds. The van der Waals surface area contributed by atoms with Gasteiger partial charge in [-0.3, -0.25) is 9.69 Å². The van der Waals surface area contributed by atoms with Crippen molar-refractivity contribution in [2.75, 3.05) is 18.5 Å². The van der Waals surface area contributed by atoms with Gasteiger partial charge in [-0.15, -0.1) is 0 Å². The second-order valence-corrected chi connectivity index (χ2v) is 8.01. The van der Waals surface area contributed by atoms with E-state index in [1.54, 1.807) is 25.1 Å². The van der Waals surface area contributed by atoms with Crippen LogP contribution in [-0.2, 0) is 9.53 Å². The molecule has 0 saturated heterocycles. The van der Waals surface area contributed by atoms with Crippen LogP contribution in [0.25, 0.3) is 0 Å². The molecule has 1 N–H and O–H groups in total. The van der Waals surface area contributed by atoms with E-state index < -0.39 is 6.17 Å². The Hall–Kier alpha value is -2.70. The van der Waals surface area contributed by atoms with Crippen molar-refractivity contribution >= 4 is 27.6 Å². The molecule has 0 bridgehead atoms. The minimum Gasteiger partial charge on any atom is -0.465 e. The van der Waals surface area contributed by atoms with Crippen molar-refractivity contribution in [1.82, 2.24) is 4.90 Å². The number of ether oxygens (including phenoxy) is 1. The summed E-state index contributed by atoms with van der Waals surface area (Å²) in [5, 5.41) is 3.44. The molecule has 0 saturated carbocycles. The number of fused-ring (bicyclic) bond motifs is 1. The maximum absolute atomic E-state index is 14.8. The predicted octanol–water partition coefficient (Wildman–Crippen LogP) is 5.67. The summed E-state index contributed by atoms with van der Waals surface area (Å²) >= 11 is 3.56. The molecule has 4 nitrogen and oxygen atoms in total. The lowest BCUT2D eigenvalue weighted by Gasteiger charge is -2.44. The number of hydrogen-bond donors (Lipinski definition) is 1. The van der Waals surface area contributed by atoms with Crippen molar-refractivity contribution in [2.24, 2.45) is 0 Å². The van der Waals surface area contributed by atoms with Crippen LogP contribution in [-0.4, -0.2) is 24.0 Å². The Labute approximate surface area is 183 Å². The highest BCUT2D eigenvalue weighted by atomic mass is 79.9. The maximum atomic E-state index is 14.8. The van der Waals surface area contributed by atoms with Crippen LogP contribution >= 0.6 is 15.9 Å². The molecule has 2 unspecified atom stereocenters. The van der Waals surface area contributed by atoms with Crippen molar-refractivity contribution in [3.8, 4) is 0 Å². The first kappa shape index (κ1) is 20.6. The van der Waals surface area contributed by atoms with Crippen molar-refractivity contribution in [1.29, 1.82) is 0 Å². The molecule has 1 heterocycles. The number of rotatable bonds is 5. The lowest BCUT2D eigenvalue weighted by molar-refractivity contribution is -0.145. The summed E-state index contributed by atoms with van der Waals surface area (Å²) in [6.07, 6.45) is -0.533. The molecular weight excluding hydrogens is 447 g/mol. The highest BCUT2D eigenvalue weighted by Crippen LogP contribution is 2.45. The number of nitrogens with zero attached hydrogens (tertiary/aromatic N) is 1. The molecular formula is C24H22BrFN2O2. The number of esters is 1. The van der Waals surface area contributed by atoms with Gasteiger partial charge in [0.1, 0.15) is 12.0 Å². The zero-order chi connectivity index (χ0) is 21.1. The maximum Gasteiger partial charge on any atom is 0.320 e. The van der Waals surface area contributed by atoms with Crippen molar-refractivity contribution in [2.45, 2.75) is 19.1 Å². The van der Waals surface area contributed by atoms with Crippen molar-refractivity contribution in [3.05, 3.63) is 99.8 Å². The van der Waals surface area contributed by atoms with Crippen LogP contribution in [0.3, 0.4) is 0 Å². The molecule has 0 spiro atoms. The van der Waals surface area contributed by atoms with Gasteiger partial charge in [0, 0.05) is 15.7 Å². The largest absolute Gasteiger partial charge is 0.465 e. The molecule has 1 aliphatic rings. The average Bonchev–Trinajstić information content (AvgIpc) is 2.74. The Kier molecular flexibility index (Phi) is 6.16. The summed E-state index contributed by atoms with van der Waals surface area (Å²) in [7, 11) is 0. The molecule has 0 aromatic heterocycles. The van der Waals surface area contributed by atoms with E-state index in [1.807, 2.05) is 53.4 Å². The third kappa shape index (κ3) is 4.11. The van der Waals surface area contributed by atoms with Crippen LogP contribution in [0.2, 0.25) is 0 Å². The minimum atomic E-state index is -0.533. The first-order chi connectivity index (χ1) is 14.6. The molecule has 3 aromatic carbocycles. The lowest BCUT2D eigenvalue weighted by atomic mass is 9.91. The Morgan fingerprint density at radius 1 is 1.07 bits per heavy atom. The highest BCUT2D eigenvalue weighted by molar-refractivity contribution is 9.10. The van der Waals surface area contributed by atoms with Gasteiger partial charge in [-0.1, -0.05) is 64.5 Å². The van der Waals surface area contributed by atoms with Gasteiger partial charge in [-0.25, -0.2) is 4.39 Å². The van der Waals surface area contributed by atoms with E-state index in [0.717, 1.165) is 21.3 Å². The van der Waals surface area contributed by atoms with Crippen LogP contribution in [0.4, 0.5) is 10.1 Å². The number of carbonyl (C=O) groups is 1. The SMILES string of the molecule is CCOC(=O)CN1C(c2ccccc2F)Nc2ccc(Br)cc2C1c1ccccc1. The van der Waals surface area contributed by atoms with Crippen LogP contribution in [0.5, 0.6) is 0 Å². The molecule has 3 aromatic rings. The van der Waals surface area contributed by atoms with Crippen LogP contribution < -0.4 is 5.32 Å². The van der Waals surface area contributed by atoms with Crippen molar-refractivity contribution < 1.29 is 13.9 Å². The molecule has 0 radical (unpaired) electrons.